The molecule has 1 saturated heterocycles. The number of carboxylic acids is 1. The van der Waals surface area contributed by atoms with Crippen molar-refractivity contribution in [3.63, 3.8) is 0 Å². The smallest absolute Gasteiger partial charge is 0.407 e. The molecule has 35 heavy (non-hydrogen) atoms. The van der Waals surface area contributed by atoms with Gasteiger partial charge in [-0.3, -0.25) is 9.59 Å². The SMILES string of the molecule is COCCC(NC(=O)OCC1c2ccccc2-c2ccccc21)C(=O)N(C)C1COCC1C(=O)O. The first kappa shape index (κ1) is 24.7. The largest absolute Gasteiger partial charge is 0.481 e. The van der Waals surface area contributed by atoms with E-state index in [1.807, 2.05) is 36.4 Å². The molecule has 4 rings (SSSR count). The van der Waals surface area contributed by atoms with E-state index in [0.717, 1.165) is 22.3 Å². The van der Waals surface area contributed by atoms with Crippen LogP contribution in [0.4, 0.5) is 4.79 Å². The topological polar surface area (TPSA) is 114 Å². The van der Waals surface area contributed by atoms with E-state index in [-0.39, 0.29) is 38.8 Å². The Bertz CT molecular complexity index is 1040. The predicted molar refractivity (Wildman–Crippen MR) is 127 cm³/mol. The first-order valence-electron chi connectivity index (χ1n) is 11.6. The molecule has 186 valence electrons. The summed E-state index contributed by atoms with van der Waals surface area (Å²) >= 11 is 0. The quantitative estimate of drug-likeness (QED) is 0.564. The lowest BCUT2D eigenvalue weighted by molar-refractivity contribution is -0.145. The molecule has 0 radical (unpaired) electrons. The number of likely N-dealkylation sites (N-methyl/N-ethyl adjacent to an activating group) is 1. The van der Waals surface area contributed by atoms with Gasteiger partial charge in [-0.2, -0.15) is 0 Å². The maximum atomic E-state index is 13.2. The van der Waals surface area contributed by atoms with Gasteiger partial charge in [0.2, 0.25) is 5.91 Å². The Morgan fingerprint density at radius 1 is 1.09 bits per heavy atom. The average Bonchev–Trinajstić information content (AvgIpc) is 3.48. The molecule has 1 aliphatic carbocycles. The Morgan fingerprint density at radius 2 is 1.71 bits per heavy atom. The summed E-state index contributed by atoms with van der Waals surface area (Å²) < 4.78 is 16.0. The van der Waals surface area contributed by atoms with Gasteiger partial charge in [-0.05, 0) is 22.3 Å². The van der Waals surface area contributed by atoms with Crippen molar-refractivity contribution in [3.8, 4) is 11.1 Å². The molecule has 0 spiro atoms. The Morgan fingerprint density at radius 3 is 2.31 bits per heavy atom. The number of ether oxygens (including phenoxy) is 3. The van der Waals surface area contributed by atoms with Crippen LogP contribution in [0.1, 0.15) is 23.5 Å². The average molecular weight is 483 g/mol. The minimum absolute atomic E-state index is 0.0418. The second kappa shape index (κ2) is 10.9. The van der Waals surface area contributed by atoms with Crippen LogP contribution >= 0.6 is 0 Å². The third-order valence-electron chi connectivity index (χ3n) is 6.76. The van der Waals surface area contributed by atoms with Gasteiger partial charge < -0.3 is 29.5 Å². The standard InChI is InChI=1S/C26H30N2O7/c1-28(23-15-34-13-21(23)25(30)31)24(29)22(11-12-33-2)27-26(32)35-14-20-18-9-5-3-7-16(18)17-8-4-6-10-19(17)20/h3-10,20-23H,11-15H2,1-2H3,(H,27,32)(H,30,31). The van der Waals surface area contributed by atoms with Crippen molar-refractivity contribution in [2.75, 3.05) is 40.6 Å². The van der Waals surface area contributed by atoms with Crippen LogP contribution < -0.4 is 5.32 Å². The van der Waals surface area contributed by atoms with Crippen LogP contribution in [-0.2, 0) is 23.8 Å². The fraction of sp³-hybridized carbons (Fsp3) is 0.423. The van der Waals surface area contributed by atoms with Gasteiger partial charge >= 0.3 is 12.1 Å². The fourth-order valence-electron chi connectivity index (χ4n) is 4.85. The lowest BCUT2D eigenvalue weighted by atomic mass is 9.98. The van der Waals surface area contributed by atoms with Crippen molar-refractivity contribution in [1.82, 2.24) is 10.2 Å². The molecule has 2 aromatic carbocycles. The van der Waals surface area contributed by atoms with Crippen molar-refractivity contribution < 1.29 is 33.7 Å². The number of carbonyl (C=O) groups is 3. The van der Waals surface area contributed by atoms with E-state index in [1.54, 1.807) is 0 Å². The molecule has 2 amide bonds. The molecular formula is C26H30N2O7. The van der Waals surface area contributed by atoms with Gasteiger partial charge in [-0.25, -0.2) is 4.79 Å². The summed E-state index contributed by atoms with van der Waals surface area (Å²) in [4.78, 5) is 38.8. The highest BCUT2D eigenvalue weighted by atomic mass is 16.5. The number of amides is 2. The van der Waals surface area contributed by atoms with E-state index in [0.29, 0.717) is 0 Å². The Labute approximate surface area is 204 Å². The van der Waals surface area contributed by atoms with Crippen molar-refractivity contribution in [3.05, 3.63) is 59.7 Å². The third-order valence-corrected chi connectivity index (χ3v) is 6.76. The Balaban J connectivity index is 1.42. The summed E-state index contributed by atoms with van der Waals surface area (Å²) in [5.41, 5.74) is 4.43. The minimum Gasteiger partial charge on any atom is -0.481 e. The number of carbonyl (C=O) groups excluding carboxylic acids is 2. The highest BCUT2D eigenvalue weighted by molar-refractivity contribution is 5.86. The number of nitrogens with zero attached hydrogens (tertiary/aromatic N) is 1. The van der Waals surface area contributed by atoms with E-state index in [9.17, 15) is 19.5 Å². The van der Waals surface area contributed by atoms with E-state index >= 15 is 0 Å². The molecule has 2 N–H and O–H groups in total. The van der Waals surface area contributed by atoms with Gasteiger partial charge in [0.1, 0.15) is 18.6 Å². The zero-order valence-electron chi connectivity index (χ0n) is 19.8. The van der Waals surface area contributed by atoms with Gasteiger partial charge in [0.05, 0.1) is 19.3 Å². The third kappa shape index (κ3) is 5.16. The Hall–Kier alpha value is -3.43. The molecule has 3 atom stereocenters. The van der Waals surface area contributed by atoms with Crippen molar-refractivity contribution in [1.29, 1.82) is 0 Å². The summed E-state index contributed by atoms with van der Waals surface area (Å²) in [6.45, 7) is 0.525. The molecule has 3 unspecified atom stereocenters. The Kier molecular flexibility index (Phi) is 7.67. The lowest BCUT2D eigenvalue weighted by Gasteiger charge is -2.30. The minimum atomic E-state index is -1.02. The molecule has 1 aliphatic heterocycles. The number of carboxylic acid groups (broad SMARTS) is 1. The van der Waals surface area contributed by atoms with Gasteiger partial charge in [0, 0.05) is 33.1 Å². The molecule has 1 heterocycles. The molecule has 0 bridgehead atoms. The predicted octanol–water partition coefficient (Wildman–Crippen LogP) is 2.49. The molecule has 2 aliphatic rings. The second-order valence-electron chi connectivity index (χ2n) is 8.80. The number of benzene rings is 2. The van der Waals surface area contributed by atoms with Gasteiger partial charge in [-0.15, -0.1) is 0 Å². The lowest BCUT2D eigenvalue weighted by Crippen LogP contribution is -2.53. The van der Waals surface area contributed by atoms with Gasteiger partial charge in [-0.1, -0.05) is 48.5 Å². The molecule has 0 saturated carbocycles. The summed E-state index contributed by atoms with van der Waals surface area (Å²) in [7, 11) is 3.03. The molecule has 2 aromatic rings. The second-order valence-corrected chi connectivity index (χ2v) is 8.80. The number of hydrogen-bond donors (Lipinski definition) is 2. The van der Waals surface area contributed by atoms with Crippen LogP contribution in [0.5, 0.6) is 0 Å². The summed E-state index contributed by atoms with van der Waals surface area (Å²) in [6, 6.07) is 14.5. The van der Waals surface area contributed by atoms with Crippen LogP contribution in [0.2, 0.25) is 0 Å². The maximum Gasteiger partial charge on any atom is 0.407 e. The number of hydrogen-bond acceptors (Lipinski definition) is 6. The molecule has 9 nitrogen and oxygen atoms in total. The van der Waals surface area contributed by atoms with Crippen molar-refractivity contribution in [2.45, 2.75) is 24.4 Å². The zero-order valence-corrected chi connectivity index (χ0v) is 19.8. The van der Waals surface area contributed by atoms with Crippen LogP contribution in [-0.4, -0.2) is 80.6 Å². The van der Waals surface area contributed by atoms with E-state index in [2.05, 4.69) is 17.4 Å². The number of aliphatic carboxylic acids is 1. The van der Waals surface area contributed by atoms with E-state index in [4.69, 9.17) is 14.2 Å². The zero-order chi connectivity index (χ0) is 24.9. The maximum absolute atomic E-state index is 13.2. The summed E-state index contributed by atoms with van der Waals surface area (Å²) in [5, 5.41) is 12.1. The first-order chi connectivity index (χ1) is 16.9. The van der Waals surface area contributed by atoms with Crippen LogP contribution in [0.15, 0.2) is 48.5 Å². The van der Waals surface area contributed by atoms with Crippen LogP contribution in [0, 0.1) is 5.92 Å². The number of alkyl carbamates (subject to hydrolysis) is 1. The number of methoxy groups -OCH3 is 1. The normalized spacial score (nSPS) is 19.5. The highest BCUT2D eigenvalue weighted by Crippen LogP contribution is 2.44. The number of fused-ring (bicyclic) bond motifs is 3. The summed E-state index contributed by atoms with van der Waals surface area (Å²) in [6.07, 6.45) is -0.498. The van der Waals surface area contributed by atoms with Gasteiger partial charge in [0.25, 0.3) is 0 Å². The van der Waals surface area contributed by atoms with E-state index < -0.39 is 36.0 Å². The monoisotopic (exact) mass is 482 g/mol. The van der Waals surface area contributed by atoms with Crippen LogP contribution in [0.25, 0.3) is 11.1 Å². The molecule has 9 heteroatoms. The highest BCUT2D eigenvalue weighted by Gasteiger charge is 2.40. The van der Waals surface area contributed by atoms with Crippen molar-refractivity contribution >= 4 is 18.0 Å². The van der Waals surface area contributed by atoms with Crippen LogP contribution in [0.3, 0.4) is 0 Å². The fourth-order valence-corrected chi connectivity index (χ4v) is 4.85. The molecular weight excluding hydrogens is 452 g/mol. The van der Waals surface area contributed by atoms with E-state index in [1.165, 1.54) is 19.1 Å². The van der Waals surface area contributed by atoms with Crippen molar-refractivity contribution in [2.24, 2.45) is 5.92 Å². The molecule has 1 fully saturated rings. The number of nitrogens with one attached hydrogen (secondary N) is 1. The molecule has 0 aromatic heterocycles. The van der Waals surface area contributed by atoms with Gasteiger partial charge in [0.15, 0.2) is 0 Å². The first-order valence-corrected chi connectivity index (χ1v) is 11.6. The number of rotatable bonds is 9. The summed E-state index contributed by atoms with van der Waals surface area (Å²) in [5.74, 6) is -2.36.